The van der Waals surface area contributed by atoms with Crippen LogP contribution >= 0.6 is 15.9 Å². The van der Waals surface area contributed by atoms with Crippen molar-refractivity contribution in [2.45, 2.75) is 13.8 Å². The highest BCUT2D eigenvalue weighted by Gasteiger charge is 2.04. The second-order valence-corrected chi connectivity index (χ2v) is 4.57. The summed E-state index contributed by atoms with van der Waals surface area (Å²) in [5.74, 6) is 0. The molecule has 0 N–H and O–H groups in total. The van der Waals surface area contributed by atoms with Crippen LogP contribution in [-0.2, 0) is 0 Å². The first-order valence-electron chi connectivity index (χ1n) is 4.85. The summed E-state index contributed by atoms with van der Waals surface area (Å²) in [6.45, 7) is 4.23. The number of pyridine rings is 1. The van der Waals surface area contributed by atoms with E-state index >= 15 is 0 Å². The lowest BCUT2D eigenvalue weighted by molar-refractivity contribution is 1.28. The number of benzene rings is 1. The van der Waals surface area contributed by atoms with Crippen LogP contribution in [-0.4, -0.2) is 4.98 Å². The number of hydrogen-bond acceptors (Lipinski definition) is 1. The highest BCUT2D eigenvalue weighted by Crippen LogP contribution is 2.27. The van der Waals surface area contributed by atoms with Crippen molar-refractivity contribution in [2.75, 3.05) is 0 Å². The predicted octanol–water partition coefficient (Wildman–Crippen LogP) is 4.13. The van der Waals surface area contributed by atoms with Gasteiger partial charge in [0.1, 0.15) is 0 Å². The Morgan fingerprint density at radius 1 is 1.00 bits per heavy atom. The molecule has 0 bridgehead atoms. The monoisotopic (exact) mass is 261 g/mol. The highest BCUT2D eigenvalue weighted by atomic mass is 79.9. The van der Waals surface area contributed by atoms with Crippen molar-refractivity contribution in [3.05, 3.63) is 52.3 Å². The van der Waals surface area contributed by atoms with Crippen molar-refractivity contribution in [2.24, 2.45) is 0 Å². The van der Waals surface area contributed by atoms with Gasteiger partial charge >= 0.3 is 0 Å². The lowest BCUT2D eigenvalue weighted by atomic mass is 9.99. The minimum Gasteiger partial charge on any atom is -0.264 e. The Morgan fingerprint density at radius 3 is 2.47 bits per heavy atom. The van der Waals surface area contributed by atoms with Crippen LogP contribution in [0.25, 0.3) is 11.1 Å². The maximum atomic E-state index is 4.17. The summed E-state index contributed by atoms with van der Waals surface area (Å²) in [7, 11) is 0. The van der Waals surface area contributed by atoms with Crippen molar-refractivity contribution in [3.8, 4) is 11.1 Å². The molecule has 0 saturated carbocycles. The van der Waals surface area contributed by atoms with Crippen LogP contribution in [0.3, 0.4) is 0 Å². The van der Waals surface area contributed by atoms with E-state index in [0.29, 0.717) is 0 Å². The Kier molecular flexibility index (Phi) is 2.87. The molecule has 0 fully saturated rings. The first-order valence-corrected chi connectivity index (χ1v) is 5.65. The van der Waals surface area contributed by atoms with Gasteiger partial charge in [-0.15, -0.1) is 0 Å². The maximum Gasteiger partial charge on any atom is 0.0349 e. The van der Waals surface area contributed by atoms with Crippen molar-refractivity contribution in [1.29, 1.82) is 0 Å². The Morgan fingerprint density at radius 2 is 1.80 bits per heavy atom. The van der Waals surface area contributed by atoms with E-state index in [0.717, 1.165) is 4.47 Å². The van der Waals surface area contributed by atoms with Crippen molar-refractivity contribution >= 4 is 15.9 Å². The quantitative estimate of drug-likeness (QED) is 0.753. The topological polar surface area (TPSA) is 12.9 Å². The third kappa shape index (κ3) is 2.10. The Hall–Kier alpha value is -1.15. The minimum atomic E-state index is 1.12. The molecule has 0 unspecified atom stereocenters. The van der Waals surface area contributed by atoms with Gasteiger partial charge in [-0.1, -0.05) is 22.0 Å². The van der Waals surface area contributed by atoms with Gasteiger partial charge in [0.25, 0.3) is 0 Å². The van der Waals surface area contributed by atoms with E-state index in [1.54, 1.807) is 0 Å². The molecule has 2 rings (SSSR count). The molecule has 0 aliphatic rings. The summed E-state index contributed by atoms with van der Waals surface area (Å²) in [5, 5.41) is 0. The summed E-state index contributed by atoms with van der Waals surface area (Å²) in [5.41, 5.74) is 4.99. The zero-order valence-corrected chi connectivity index (χ0v) is 10.4. The van der Waals surface area contributed by atoms with E-state index in [-0.39, 0.29) is 0 Å². The fourth-order valence-corrected chi connectivity index (χ4v) is 2.15. The van der Waals surface area contributed by atoms with E-state index in [2.05, 4.69) is 53.0 Å². The van der Waals surface area contributed by atoms with E-state index in [1.165, 1.54) is 22.3 Å². The molecule has 1 heterocycles. The molecule has 0 aliphatic carbocycles. The summed E-state index contributed by atoms with van der Waals surface area (Å²) < 4.78 is 1.12. The standard InChI is InChI=1S/C13H12BrN/c1-9-5-6-15-8-13(9)12-4-3-11(14)7-10(12)2/h3-8H,1-2H3. The second-order valence-electron chi connectivity index (χ2n) is 3.65. The molecule has 15 heavy (non-hydrogen) atoms. The van der Waals surface area contributed by atoms with Gasteiger partial charge in [-0.25, -0.2) is 0 Å². The molecule has 0 amide bonds. The molecule has 0 aliphatic heterocycles. The number of rotatable bonds is 1. The van der Waals surface area contributed by atoms with Gasteiger partial charge in [0.15, 0.2) is 0 Å². The van der Waals surface area contributed by atoms with Crippen molar-refractivity contribution in [1.82, 2.24) is 4.98 Å². The average molecular weight is 262 g/mol. The largest absolute Gasteiger partial charge is 0.264 e. The van der Waals surface area contributed by atoms with E-state index in [1.807, 2.05) is 18.5 Å². The Labute approximate surface area is 98.3 Å². The fourth-order valence-electron chi connectivity index (χ4n) is 1.68. The molecule has 2 aromatic rings. The van der Waals surface area contributed by atoms with Gasteiger partial charge in [0.2, 0.25) is 0 Å². The second kappa shape index (κ2) is 4.15. The van der Waals surface area contributed by atoms with Crippen LogP contribution in [0.4, 0.5) is 0 Å². The summed E-state index contributed by atoms with van der Waals surface area (Å²) in [4.78, 5) is 4.17. The van der Waals surface area contributed by atoms with Crippen molar-refractivity contribution in [3.63, 3.8) is 0 Å². The lowest BCUT2D eigenvalue weighted by Crippen LogP contribution is -1.87. The first kappa shape index (κ1) is 10.4. The maximum absolute atomic E-state index is 4.17. The van der Waals surface area contributed by atoms with E-state index in [4.69, 9.17) is 0 Å². The van der Waals surface area contributed by atoms with Gasteiger partial charge in [0, 0.05) is 22.4 Å². The van der Waals surface area contributed by atoms with Crippen LogP contribution in [0.1, 0.15) is 11.1 Å². The molecule has 0 radical (unpaired) electrons. The molecule has 2 heteroatoms. The van der Waals surface area contributed by atoms with Gasteiger partial charge in [0.05, 0.1) is 0 Å². The number of hydrogen-bond donors (Lipinski definition) is 0. The molecule has 1 aromatic carbocycles. The van der Waals surface area contributed by atoms with E-state index in [9.17, 15) is 0 Å². The minimum absolute atomic E-state index is 1.12. The van der Waals surface area contributed by atoms with Gasteiger partial charge in [-0.2, -0.15) is 0 Å². The van der Waals surface area contributed by atoms with Crippen LogP contribution in [0.2, 0.25) is 0 Å². The third-order valence-electron chi connectivity index (χ3n) is 2.52. The van der Waals surface area contributed by atoms with Gasteiger partial charge in [-0.05, 0) is 48.7 Å². The third-order valence-corrected chi connectivity index (χ3v) is 3.01. The molecule has 1 aromatic heterocycles. The van der Waals surface area contributed by atoms with E-state index < -0.39 is 0 Å². The van der Waals surface area contributed by atoms with Gasteiger partial charge in [-0.3, -0.25) is 4.98 Å². The normalized spacial score (nSPS) is 10.3. The SMILES string of the molecule is Cc1cc(Br)ccc1-c1cnccc1C. The number of aromatic nitrogens is 1. The zero-order valence-electron chi connectivity index (χ0n) is 8.79. The molecule has 76 valence electrons. The highest BCUT2D eigenvalue weighted by molar-refractivity contribution is 9.10. The number of aryl methyl sites for hydroxylation is 2. The molecular weight excluding hydrogens is 250 g/mol. The Balaban J connectivity index is 2.60. The molecule has 0 spiro atoms. The lowest BCUT2D eigenvalue weighted by Gasteiger charge is -2.08. The predicted molar refractivity (Wildman–Crippen MR) is 66.8 cm³/mol. The van der Waals surface area contributed by atoms with Crippen molar-refractivity contribution < 1.29 is 0 Å². The average Bonchev–Trinajstić information content (AvgIpc) is 2.20. The first-order chi connectivity index (χ1) is 7.18. The molecule has 0 atom stereocenters. The number of halogens is 1. The van der Waals surface area contributed by atoms with Crippen LogP contribution in [0.15, 0.2) is 41.1 Å². The van der Waals surface area contributed by atoms with Crippen LogP contribution in [0, 0.1) is 13.8 Å². The fraction of sp³-hybridized carbons (Fsp3) is 0.154. The zero-order chi connectivity index (χ0) is 10.8. The van der Waals surface area contributed by atoms with Gasteiger partial charge < -0.3 is 0 Å². The molecule has 0 saturated heterocycles. The summed E-state index contributed by atoms with van der Waals surface area (Å²) >= 11 is 3.47. The van der Waals surface area contributed by atoms with Crippen LogP contribution in [0.5, 0.6) is 0 Å². The smallest absolute Gasteiger partial charge is 0.0349 e. The number of nitrogens with zero attached hydrogens (tertiary/aromatic N) is 1. The molecule has 1 nitrogen and oxygen atoms in total. The summed E-state index contributed by atoms with van der Waals surface area (Å²) in [6.07, 6.45) is 3.75. The van der Waals surface area contributed by atoms with Crippen LogP contribution < -0.4 is 0 Å². The molecular formula is C13H12BrN. The Bertz CT molecular complexity index is 492. The summed E-state index contributed by atoms with van der Waals surface area (Å²) in [6, 6.07) is 8.36.